The van der Waals surface area contributed by atoms with Crippen LogP contribution in [0.3, 0.4) is 0 Å². The molecule has 1 aromatic heterocycles. The Labute approximate surface area is 158 Å². The van der Waals surface area contributed by atoms with Crippen molar-refractivity contribution in [1.29, 1.82) is 0 Å². The lowest BCUT2D eigenvalue weighted by molar-refractivity contribution is 0.0922. The number of rotatable bonds is 5. The van der Waals surface area contributed by atoms with Crippen molar-refractivity contribution in [2.24, 2.45) is 0 Å². The molecule has 6 nitrogen and oxygen atoms in total. The van der Waals surface area contributed by atoms with Crippen molar-refractivity contribution in [2.45, 2.75) is 45.1 Å². The molecule has 1 saturated carbocycles. The number of pyridine rings is 1. The number of Topliss-reactive ketones (excluding diaryl/α,β-unsaturated/α-hetero) is 1. The minimum atomic E-state index is -0.357. The predicted octanol–water partition coefficient (Wildman–Crippen LogP) is 3.60. The van der Waals surface area contributed by atoms with Gasteiger partial charge in [0.15, 0.2) is 5.78 Å². The standard InChI is InChI=1S/C21H23N3O3/c1-14(25)15-6-5-9-18(12-15)24-20(26)16-10-11-22-19(13-16)21(27)23-17-7-3-2-4-8-17/h5-6,9-13,17H,2-4,7-8H2,1H3,(H,23,27)(H,24,26). The molecular weight excluding hydrogens is 342 g/mol. The summed E-state index contributed by atoms with van der Waals surface area (Å²) in [6, 6.07) is 9.96. The molecule has 0 bridgehead atoms. The summed E-state index contributed by atoms with van der Waals surface area (Å²) in [5.74, 6) is -0.684. The van der Waals surface area contributed by atoms with Crippen LogP contribution < -0.4 is 10.6 Å². The summed E-state index contributed by atoms with van der Waals surface area (Å²) in [7, 11) is 0. The van der Waals surface area contributed by atoms with Crippen LogP contribution in [0.1, 0.15) is 70.2 Å². The SMILES string of the molecule is CC(=O)c1cccc(NC(=O)c2ccnc(C(=O)NC3CCCCC3)c2)c1. The van der Waals surface area contributed by atoms with Crippen LogP contribution >= 0.6 is 0 Å². The summed E-state index contributed by atoms with van der Waals surface area (Å²) in [5, 5.41) is 5.75. The van der Waals surface area contributed by atoms with Crippen molar-refractivity contribution in [2.75, 3.05) is 5.32 Å². The molecule has 2 amide bonds. The first-order valence-corrected chi connectivity index (χ1v) is 9.22. The number of amides is 2. The fourth-order valence-electron chi connectivity index (χ4n) is 3.22. The van der Waals surface area contributed by atoms with Crippen molar-refractivity contribution >= 4 is 23.3 Å². The summed E-state index contributed by atoms with van der Waals surface area (Å²) >= 11 is 0. The van der Waals surface area contributed by atoms with E-state index in [-0.39, 0.29) is 29.3 Å². The van der Waals surface area contributed by atoms with Gasteiger partial charge in [0.25, 0.3) is 11.8 Å². The Morgan fingerprint density at radius 1 is 0.963 bits per heavy atom. The topological polar surface area (TPSA) is 88.2 Å². The van der Waals surface area contributed by atoms with Gasteiger partial charge in [-0.25, -0.2) is 0 Å². The molecule has 1 aromatic carbocycles. The smallest absolute Gasteiger partial charge is 0.270 e. The molecule has 0 saturated heterocycles. The van der Waals surface area contributed by atoms with E-state index in [9.17, 15) is 14.4 Å². The summed E-state index contributed by atoms with van der Waals surface area (Å²) in [5.41, 5.74) is 1.62. The molecule has 0 aliphatic heterocycles. The maximum Gasteiger partial charge on any atom is 0.270 e. The highest BCUT2D eigenvalue weighted by atomic mass is 16.2. The van der Waals surface area contributed by atoms with Gasteiger partial charge in [-0.3, -0.25) is 19.4 Å². The second kappa shape index (κ2) is 8.58. The molecule has 0 unspecified atom stereocenters. The first-order chi connectivity index (χ1) is 13.0. The average Bonchev–Trinajstić information content (AvgIpc) is 2.69. The van der Waals surface area contributed by atoms with Crippen LogP contribution in [0.2, 0.25) is 0 Å². The number of carbonyl (C=O) groups is 3. The second-order valence-electron chi connectivity index (χ2n) is 6.83. The van der Waals surface area contributed by atoms with Gasteiger partial charge in [0.1, 0.15) is 5.69 Å². The zero-order chi connectivity index (χ0) is 19.2. The average molecular weight is 365 g/mol. The van der Waals surface area contributed by atoms with Crippen molar-refractivity contribution in [3.05, 3.63) is 59.4 Å². The van der Waals surface area contributed by atoms with Crippen LogP contribution in [0, 0.1) is 0 Å². The minimum absolute atomic E-state index is 0.0725. The largest absolute Gasteiger partial charge is 0.348 e. The highest BCUT2D eigenvalue weighted by Gasteiger charge is 2.18. The van der Waals surface area contributed by atoms with E-state index in [0.717, 1.165) is 25.7 Å². The van der Waals surface area contributed by atoms with Gasteiger partial charge in [-0.05, 0) is 44.0 Å². The molecule has 140 valence electrons. The number of nitrogens with zero attached hydrogens (tertiary/aromatic N) is 1. The molecule has 1 aliphatic rings. The van der Waals surface area contributed by atoms with E-state index >= 15 is 0 Å². The fourth-order valence-corrected chi connectivity index (χ4v) is 3.22. The monoisotopic (exact) mass is 365 g/mol. The van der Waals surface area contributed by atoms with Crippen LogP contribution in [0.4, 0.5) is 5.69 Å². The maximum atomic E-state index is 12.5. The van der Waals surface area contributed by atoms with Crippen molar-refractivity contribution in [3.63, 3.8) is 0 Å². The Hall–Kier alpha value is -3.02. The number of aromatic nitrogens is 1. The maximum absolute atomic E-state index is 12.5. The van der Waals surface area contributed by atoms with E-state index in [1.54, 1.807) is 30.3 Å². The second-order valence-corrected chi connectivity index (χ2v) is 6.83. The van der Waals surface area contributed by atoms with Gasteiger partial charge in [0.2, 0.25) is 0 Å². The molecule has 1 aliphatic carbocycles. The molecular formula is C21H23N3O3. The molecule has 2 N–H and O–H groups in total. The van der Waals surface area contributed by atoms with E-state index in [1.165, 1.54) is 25.6 Å². The van der Waals surface area contributed by atoms with Crippen LogP contribution in [0.25, 0.3) is 0 Å². The van der Waals surface area contributed by atoms with Crippen molar-refractivity contribution in [3.8, 4) is 0 Å². The van der Waals surface area contributed by atoms with E-state index < -0.39 is 0 Å². The highest BCUT2D eigenvalue weighted by Crippen LogP contribution is 2.18. The number of benzene rings is 1. The third-order valence-electron chi connectivity index (χ3n) is 4.72. The van der Waals surface area contributed by atoms with Gasteiger partial charge in [0.05, 0.1) is 0 Å². The van der Waals surface area contributed by atoms with Gasteiger partial charge in [-0.2, -0.15) is 0 Å². The minimum Gasteiger partial charge on any atom is -0.348 e. The summed E-state index contributed by atoms with van der Waals surface area (Å²) in [6.45, 7) is 1.47. The van der Waals surface area contributed by atoms with E-state index in [4.69, 9.17) is 0 Å². The number of carbonyl (C=O) groups excluding carboxylic acids is 3. The van der Waals surface area contributed by atoms with Crippen molar-refractivity contribution in [1.82, 2.24) is 10.3 Å². The highest BCUT2D eigenvalue weighted by molar-refractivity contribution is 6.06. The number of hydrogen-bond acceptors (Lipinski definition) is 4. The Balaban J connectivity index is 1.68. The normalized spacial score (nSPS) is 14.4. The summed E-state index contributed by atoms with van der Waals surface area (Å²) < 4.78 is 0. The zero-order valence-corrected chi connectivity index (χ0v) is 15.3. The fraction of sp³-hybridized carbons (Fsp3) is 0.333. The predicted molar refractivity (Wildman–Crippen MR) is 103 cm³/mol. The molecule has 0 radical (unpaired) electrons. The summed E-state index contributed by atoms with van der Waals surface area (Å²) in [4.78, 5) is 40.5. The van der Waals surface area contributed by atoms with Gasteiger partial charge >= 0.3 is 0 Å². The lowest BCUT2D eigenvalue weighted by atomic mass is 9.95. The Morgan fingerprint density at radius 2 is 1.74 bits per heavy atom. The number of ketones is 1. The molecule has 2 aromatic rings. The molecule has 6 heteroatoms. The van der Waals surface area contributed by atoms with Crippen molar-refractivity contribution < 1.29 is 14.4 Å². The lowest BCUT2D eigenvalue weighted by Crippen LogP contribution is -2.36. The third kappa shape index (κ3) is 5.00. The van der Waals surface area contributed by atoms with Gasteiger partial charge in [-0.1, -0.05) is 31.4 Å². The van der Waals surface area contributed by atoms with Crippen LogP contribution in [-0.2, 0) is 0 Å². The molecule has 1 heterocycles. The van der Waals surface area contributed by atoms with Crippen LogP contribution in [0.5, 0.6) is 0 Å². The van der Waals surface area contributed by atoms with Crippen LogP contribution in [-0.4, -0.2) is 28.6 Å². The molecule has 1 fully saturated rings. The van der Waals surface area contributed by atoms with Gasteiger partial charge < -0.3 is 10.6 Å². The third-order valence-corrected chi connectivity index (χ3v) is 4.72. The first-order valence-electron chi connectivity index (χ1n) is 9.22. The van der Waals surface area contributed by atoms with Gasteiger partial charge in [0, 0.05) is 29.1 Å². The quantitative estimate of drug-likeness (QED) is 0.793. The number of hydrogen-bond donors (Lipinski definition) is 2. The molecule has 0 atom stereocenters. The zero-order valence-electron chi connectivity index (χ0n) is 15.3. The Bertz CT molecular complexity index is 857. The van der Waals surface area contributed by atoms with E-state index in [2.05, 4.69) is 15.6 Å². The number of anilines is 1. The lowest BCUT2D eigenvalue weighted by Gasteiger charge is -2.22. The van der Waals surface area contributed by atoms with Crippen LogP contribution in [0.15, 0.2) is 42.6 Å². The molecule has 3 rings (SSSR count). The Morgan fingerprint density at radius 3 is 2.48 bits per heavy atom. The first kappa shape index (κ1) is 18.8. The molecule has 27 heavy (non-hydrogen) atoms. The number of nitrogens with one attached hydrogen (secondary N) is 2. The molecule has 0 spiro atoms. The van der Waals surface area contributed by atoms with E-state index in [1.807, 2.05) is 0 Å². The summed E-state index contributed by atoms with van der Waals surface area (Å²) in [6.07, 6.45) is 6.89. The van der Waals surface area contributed by atoms with Gasteiger partial charge in [-0.15, -0.1) is 0 Å². The Kier molecular flexibility index (Phi) is 5.96. The van der Waals surface area contributed by atoms with E-state index in [0.29, 0.717) is 16.8 Å².